The Bertz CT molecular complexity index is 128. The van der Waals surface area contributed by atoms with Crippen LogP contribution in [0.1, 0.15) is 0 Å². The van der Waals surface area contributed by atoms with E-state index in [1.54, 1.807) is 0 Å². The fourth-order valence-corrected chi connectivity index (χ4v) is 0. The molecule has 0 bridgehead atoms. The molecule has 0 rings (SSSR count). The monoisotopic (exact) mass is 728 g/mol. The van der Waals surface area contributed by atoms with Gasteiger partial charge in [-0.1, -0.05) is 0 Å². The summed E-state index contributed by atoms with van der Waals surface area (Å²) in [4.78, 5) is 0. The number of hydrogen-bond acceptors (Lipinski definition) is 12. The minimum atomic E-state index is -3.17. The maximum atomic E-state index is 9.89. The zero-order valence-corrected chi connectivity index (χ0v) is 24.3. The average molecular weight is 726 g/mol. The van der Waals surface area contributed by atoms with Gasteiger partial charge in [0.1, 0.15) is 44.4 Å². The first-order valence-electron chi connectivity index (χ1n) is 4.14. The molecule has 0 saturated heterocycles. The third kappa shape index (κ3) is 1640. The Morgan fingerprint density at radius 1 is 0.250 bits per heavy atom. The van der Waals surface area contributed by atoms with E-state index in [4.69, 9.17) is 60.3 Å². The van der Waals surface area contributed by atoms with E-state index in [2.05, 4.69) is 0 Å². The van der Waals surface area contributed by atoms with Gasteiger partial charge in [-0.3, -0.25) is 0 Å². The summed E-state index contributed by atoms with van der Waals surface area (Å²) in [5.41, 5.74) is 0. The molecular weight excluding hydrogens is 726 g/mol. The van der Waals surface area contributed by atoms with Crippen molar-refractivity contribution in [2.45, 2.75) is 0 Å². The molecule has 144 valence electrons. The van der Waals surface area contributed by atoms with E-state index in [-0.39, 0.29) is 131 Å². The van der Waals surface area contributed by atoms with Crippen molar-refractivity contribution in [1.29, 1.82) is 0 Å². The van der Waals surface area contributed by atoms with Gasteiger partial charge >= 0.3 is 131 Å². The fourth-order valence-electron chi connectivity index (χ4n) is 0. The van der Waals surface area contributed by atoms with Gasteiger partial charge in [-0.25, -0.2) is 0 Å². The summed E-state index contributed by atoms with van der Waals surface area (Å²) < 4.78 is 59.3. The minimum absolute atomic E-state index is 0. The summed E-state index contributed by atoms with van der Waals surface area (Å²) in [5, 5.41) is 99.7. The third-order valence-electron chi connectivity index (χ3n) is 0. The summed E-state index contributed by atoms with van der Waals surface area (Å²) in [5.74, 6) is 0. The Hall–Kier alpha value is 3.91. The molecule has 0 aliphatic heterocycles. The summed E-state index contributed by atoms with van der Waals surface area (Å²) in [6.45, 7) is 0. The molecule has 0 N–H and O–H groups in total. The maximum absolute atomic E-state index is 9.89. The summed E-state index contributed by atoms with van der Waals surface area (Å²) >= 11 is 0. The Balaban J connectivity index is -0.0000000169. The first kappa shape index (κ1) is 63.5. The number of rotatable bonds is 0. The molecule has 28 heteroatoms. The molecule has 12 nitrogen and oxygen atoms in total. The van der Waals surface area contributed by atoms with Crippen LogP contribution in [-0.2, 0) is 131 Å². The molecule has 0 aliphatic rings. The van der Waals surface area contributed by atoms with Gasteiger partial charge in [-0.05, 0) is 0 Å². The second-order valence-electron chi connectivity index (χ2n) is 1.65. The topological polar surface area (TPSA) is 277 Å². The van der Waals surface area contributed by atoms with Crippen molar-refractivity contribution in [3.63, 3.8) is 0 Å². The molecule has 0 unspecified atom stereocenters. The minimum Gasteiger partial charge on any atom is -0.867 e. The molecule has 0 radical (unpaired) electrons. The molecule has 0 heterocycles. The Labute approximate surface area is 257 Å². The zero-order chi connectivity index (χ0) is 21.5. The Kier molecular flexibility index (Phi) is 131. The predicted molar refractivity (Wildman–Crippen MR) is 41.2 cm³/mol. The van der Waals surface area contributed by atoms with Crippen LogP contribution in [0.2, 0.25) is 0 Å². The summed E-state index contributed by atoms with van der Waals surface area (Å²) in [6.07, 6.45) is 0. The van der Waals surface area contributed by atoms with Crippen LogP contribution >= 0.6 is 0 Å². The quantitative estimate of drug-likeness (QED) is 0.166. The number of hydrogen-bond donors (Lipinski definition) is 0. The van der Waals surface area contributed by atoms with E-state index in [1.807, 2.05) is 0 Å². The molecule has 0 aromatic carbocycles. The van der Waals surface area contributed by atoms with Crippen LogP contribution in [0.3, 0.4) is 0 Å². The zero-order valence-electron chi connectivity index (χ0n) is 12.9. The molecule has 0 spiro atoms. The van der Waals surface area contributed by atoms with Crippen LogP contribution in [0.15, 0.2) is 0 Å². The first-order valence-corrected chi connectivity index (χ1v) is 4.14. The van der Waals surface area contributed by atoms with Crippen LogP contribution in [0.4, 0.5) is 25.9 Å². The average Bonchev–Trinajstić information content (AvgIpc) is 2.08. The maximum Gasteiger partial charge on any atom is 3.00 e. The van der Waals surface area contributed by atoms with Crippen LogP contribution < -0.4 is 60.3 Å². The molecule has 0 aliphatic carbocycles. The number of halogens is 6. The molecule has 0 atom stereocenters. The normalized spacial score (nSPS) is 5.79. The van der Waals surface area contributed by atoms with Crippen molar-refractivity contribution in [3.8, 4) is 0 Å². The Morgan fingerprint density at radius 2 is 0.250 bits per heavy atom. The van der Waals surface area contributed by atoms with Gasteiger partial charge in [0, 0.05) is 0 Å². The van der Waals surface area contributed by atoms with Gasteiger partial charge in [-0.2, -0.15) is 0 Å². The molecule has 0 aromatic rings. The first-order chi connectivity index (χ1) is 10.4. The van der Waals surface area contributed by atoms with Gasteiger partial charge in [0.05, 0.1) is 0 Å². The molecule has 0 saturated carbocycles. The summed E-state index contributed by atoms with van der Waals surface area (Å²) in [7, 11) is -19.0. The molecule has 0 amide bonds. The van der Waals surface area contributed by atoms with Gasteiger partial charge < -0.3 is 86.2 Å². The Morgan fingerprint density at radius 3 is 0.250 bits per heavy atom. The van der Waals surface area contributed by atoms with Crippen molar-refractivity contribution in [2.24, 2.45) is 0 Å². The fraction of sp³-hybridized carbons (Fsp3) is 0. The van der Waals surface area contributed by atoms with Crippen molar-refractivity contribution in [1.82, 2.24) is 0 Å². The molecule has 0 fully saturated rings. The van der Waals surface area contributed by atoms with Gasteiger partial charge in [0.25, 0.3) is 0 Å². The smallest absolute Gasteiger partial charge is 0.867 e. The summed E-state index contributed by atoms with van der Waals surface area (Å²) in [6, 6.07) is 0. The standard InChI is InChI=1S/6BFO2.4Y/c6*2-1(3)4;;;;/q6*-2;4*+3. The SMILES string of the molecule is [O-]B([O-])F.[O-]B([O-])F.[O-]B([O-])F.[O-]B([O-])F.[O-]B([O-])F.[O-]B([O-])F.[Y+3].[Y+3].[Y+3].[Y+3]. The van der Waals surface area contributed by atoms with Crippen LogP contribution in [0, 0.1) is 0 Å². The van der Waals surface area contributed by atoms with E-state index in [0.717, 1.165) is 0 Å². The van der Waals surface area contributed by atoms with E-state index in [9.17, 15) is 25.9 Å². The van der Waals surface area contributed by atoms with Crippen molar-refractivity contribution in [2.75, 3.05) is 0 Å². The third-order valence-corrected chi connectivity index (χ3v) is 0. The van der Waals surface area contributed by atoms with Crippen molar-refractivity contribution >= 4 is 44.4 Å². The molecule has 0 aromatic heterocycles. The second kappa shape index (κ2) is 57.6. The van der Waals surface area contributed by atoms with Crippen LogP contribution in [-0.4, -0.2) is 44.4 Å². The van der Waals surface area contributed by atoms with Crippen molar-refractivity contribution in [3.05, 3.63) is 0 Å². The van der Waals surface area contributed by atoms with Gasteiger partial charge in [-0.15, -0.1) is 0 Å². The van der Waals surface area contributed by atoms with Crippen LogP contribution in [0.25, 0.3) is 0 Å². The van der Waals surface area contributed by atoms with E-state index >= 15 is 0 Å². The van der Waals surface area contributed by atoms with Gasteiger partial charge in [0.2, 0.25) is 0 Å². The van der Waals surface area contributed by atoms with E-state index < -0.39 is 44.4 Å². The van der Waals surface area contributed by atoms with Crippen molar-refractivity contribution < 1.29 is 217 Å². The largest absolute Gasteiger partial charge is 3.00 e. The van der Waals surface area contributed by atoms with E-state index in [0.29, 0.717) is 0 Å². The van der Waals surface area contributed by atoms with Gasteiger partial charge in [0.15, 0.2) is 0 Å². The molecule has 28 heavy (non-hydrogen) atoms. The van der Waals surface area contributed by atoms with E-state index in [1.165, 1.54) is 0 Å². The second-order valence-corrected chi connectivity index (χ2v) is 1.65. The molecular formula is B6F6O12Y4. The van der Waals surface area contributed by atoms with Crippen LogP contribution in [0.5, 0.6) is 0 Å². The predicted octanol–water partition coefficient (Wildman–Crippen LogP) is -14.0.